The van der Waals surface area contributed by atoms with Gasteiger partial charge in [0.05, 0.1) is 24.0 Å². The Morgan fingerprint density at radius 2 is 1.61 bits per heavy atom. The molecule has 2 aromatic carbocycles. The van der Waals surface area contributed by atoms with Gasteiger partial charge in [-0.2, -0.15) is 0 Å². The number of halogens is 4. The molecule has 1 aliphatic heterocycles. The molecule has 0 spiro atoms. The Morgan fingerprint density at radius 1 is 0.935 bits per heavy atom. The molecule has 0 radical (unpaired) electrons. The molecule has 0 aromatic heterocycles. The van der Waals surface area contributed by atoms with Gasteiger partial charge in [-0.15, -0.1) is 0 Å². The number of benzene rings is 2. The monoisotopic (exact) mass is 438 g/mol. The second-order valence-corrected chi connectivity index (χ2v) is 7.14. The van der Waals surface area contributed by atoms with Crippen LogP contribution in [0.15, 0.2) is 36.4 Å². The molecule has 1 heterocycles. The first-order chi connectivity index (χ1) is 14.8. The number of piperazine rings is 1. The highest BCUT2D eigenvalue weighted by molar-refractivity contribution is 5.95. The van der Waals surface area contributed by atoms with E-state index in [1.165, 1.54) is 6.07 Å². The van der Waals surface area contributed by atoms with E-state index in [4.69, 9.17) is 0 Å². The van der Waals surface area contributed by atoms with E-state index in [9.17, 15) is 27.2 Å². The summed E-state index contributed by atoms with van der Waals surface area (Å²) in [6, 6.07) is 7.53. The predicted molar refractivity (Wildman–Crippen MR) is 108 cm³/mol. The van der Waals surface area contributed by atoms with Crippen LogP contribution in [0.4, 0.5) is 28.9 Å². The lowest BCUT2D eigenvalue weighted by atomic mass is 10.2. The molecule has 0 saturated carbocycles. The number of nitrogens with one attached hydrogen (secondary N) is 2. The summed E-state index contributed by atoms with van der Waals surface area (Å²) in [5.74, 6) is -6.07. The molecule has 2 N–H and O–H groups in total. The Bertz CT molecular complexity index is 964. The van der Waals surface area contributed by atoms with Crippen LogP contribution in [-0.4, -0.2) is 55.5 Å². The second kappa shape index (κ2) is 9.78. The summed E-state index contributed by atoms with van der Waals surface area (Å²) in [6.45, 7) is 3.34. The van der Waals surface area contributed by atoms with Crippen LogP contribution in [0.3, 0.4) is 0 Å². The van der Waals surface area contributed by atoms with Crippen molar-refractivity contribution in [2.75, 3.05) is 42.9 Å². The van der Waals surface area contributed by atoms with Gasteiger partial charge in [-0.3, -0.25) is 14.5 Å². The third kappa shape index (κ3) is 5.32. The van der Waals surface area contributed by atoms with Crippen LogP contribution >= 0.6 is 0 Å². The smallest absolute Gasteiger partial charge is 0.243 e. The minimum Gasteiger partial charge on any atom is -0.367 e. The Kier molecular flexibility index (Phi) is 7.11. The van der Waals surface area contributed by atoms with Gasteiger partial charge in [0.1, 0.15) is 5.82 Å². The standard InChI is InChI=1S/C21H22F4N4O2/c1-13(28-8-10-29(11-9-28)17-5-3-2-4-14(17)22)21(31)26-12-18(30)27-16-7-6-15(23)19(24)20(16)25/h2-7,13H,8-12H2,1H3,(H,26,31)(H,27,30)/t13-/m0/s1. The largest absolute Gasteiger partial charge is 0.367 e. The maximum atomic E-state index is 13.9. The molecule has 10 heteroatoms. The average Bonchev–Trinajstić information content (AvgIpc) is 2.78. The second-order valence-electron chi connectivity index (χ2n) is 7.14. The molecule has 0 aliphatic carbocycles. The first-order valence-corrected chi connectivity index (χ1v) is 9.72. The fourth-order valence-corrected chi connectivity index (χ4v) is 3.36. The van der Waals surface area contributed by atoms with E-state index >= 15 is 0 Å². The van der Waals surface area contributed by atoms with Crippen molar-refractivity contribution >= 4 is 23.2 Å². The van der Waals surface area contributed by atoms with Crippen LogP contribution < -0.4 is 15.5 Å². The molecule has 1 atom stereocenters. The van der Waals surface area contributed by atoms with E-state index in [2.05, 4.69) is 10.6 Å². The van der Waals surface area contributed by atoms with Gasteiger partial charge in [0.25, 0.3) is 0 Å². The van der Waals surface area contributed by atoms with E-state index in [0.717, 1.165) is 6.07 Å². The van der Waals surface area contributed by atoms with Crippen LogP contribution in [0, 0.1) is 23.3 Å². The van der Waals surface area contributed by atoms with Crippen LogP contribution in [0.1, 0.15) is 6.92 Å². The number of amides is 2. The van der Waals surface area contributed by atoms with Gasteiger partial charge in [0.2, 0.25) is 11.8 Å². The van der Waals surface area contributed by atoms with E-state index < -0.39 is 47.5 Å². The fraction of sp³-hybridized carbons (Fsp3) is 0.333. The van der Waals surface area contributed by atoms with Crippen molar-refractivity contribution in [3.63, 3.8) is 0 Å². The Hall–Kier alpha value is -3.14. The molecule has 6 nitrogen and oxygen atoms in total. The number of anilines is 2. The third-order valence-corrected chi connectivity index (χ3v) is 5.17. The van der Waals surface area contributed by atoms with E-state index in [1.807, 2.05) is 9.80 Å². The molecule has 31 heavy (non-hydrogen) atoms. The third-order valence-electron chi connectivity index (χ3n) is 5.17. The molecule has 3 rings (SSSR count). The minimum atomic E-state index is -1.69. The highest BCUT2D eigenvalue weighted by Gasteiger charge is 2.26. The van der Waals surface area contributed by atoms with Gasteiger partial charge in [-0.25, -0.2) is 17.6 Å². The summed E-state index contributed by atoms with van der Waals surface area (Å²) in [5, 5.41) is 4.53. The summed E-state index contributed by atoms with van der Waals surface area (Å²) in [6.07, 6.45) is 0. The first kappa shape index (κ1) is 22.5. The summed E-state index contributed by atoms with van der Waals surface area (Å²) in [7, 11) is 0. The number of carbonyl (C=O) groups is 2. The molecule has 2 amide bonds. The van der Waals surface area contributed by atoms with Gasteiger partial charge in [0, 0.05) is 26.2 Å². The molecule has 0 bridgehead atoms. The molecular formula is C21H22F4N4O2. The molecule has 166 valence electrons. The van der Waals surface area contributed by atoms with E-state index in [1.54, 1.807) is 25.1 Å². The van der Waals surface area contributed by atoms with Crippen LogP contribution in [0.2, 0.25) is 0 Å². The van der Waals surface area contributed by atoms with Gasteiger partial charge in [-0.05, 0) is 31.2 Å². The Labute approximate surface area is 176 Å². The molecule has 1 aliphatic rings. The normalized spacial score (nSPS) is 15.5. The molecule has 0 unspecified atom stereocenters. The predicted octanol–water partition coefficient (Wildman–Crippen LogP) is 2.51. The van der Waals surface area contributed by atoms with Crippen LogP contribution in [0.25, 0.3) is 0 Å². The van der Waals surface area contributed by atoms with Crippen molar-refractivity contribution in [2.45, 2.75) is 13.0 Å². The van der Waals surface area contributed by atoms with Gasteiger partial charge < -0.3 is 15.5 Å². The number of para-hydroxylation sites is 1. The summed E-state index contributed by atoms with van der Waals surface area (Å²) >= 11 is 0. The Morgan fingerprint density at radius 3 is 2.29 bits per heavy atom. The van der Waals surface area contributed by atoms with E-state index in [0.29, 0.717) is 37.9 Å². The van der Waals surface area contributed by atoms with Crippen LogP contribution in [-0.2, 0) is 9.59 Å². The summed E-state index contributed by atoms with van der Waals surface area (Å²) in [4.78, 5) is 28.1. The molecule has 1 fully saturated rings. The topological polar surface area (TPSA) is 64.7 Å². The molecule has 2 aromatic rings. The average molecular weight is 438 g/mol. The lowest BCUT2D eigenvalue weighted by Gasteiger charge is -2.38. The highest BCUT2D eigenvalue weighted by Crippen LogP contribution is 2.21. The van der Waals surface area contributed by atoms with Gasteiger partial charge in [-0.1, -0.05) is 12.1 Å². The number of hydrogen-bond acceptors (Lipinski definition) is 4. The van der Waals surface area contributed by atoms with Crippen molar-refractivity contribution in [3.8, 4) is 0 Å². The van der Waals surface area contributed by atoms with Crippen molar-refractivity contribution in [1.29, 1.82) is 0 Å². The molecule has 1 saturated heterocycles. The summed E-state index contributed by atoms with van der Waals surface area (Å²) in [5.41, 5.74) is -0.00384. The zero-order valence-electron chi connectivity index (χ0n) is 16.8. The number of nitrogens with zero attached hydrogens (tertiary/aromatic N) is 2. The van der Waals surface area contributed by atoms with Crippen molar-refractivity contribution in [2.24, 2.45) is 0 Å². The van der Waals surface area contributed by atoms with E-state index in [-0.39, 0.29) is 5.82 Å². The lowest BCUT2D eigenvalue weighted by Crippen LogP contribution is -2.54. The van der Waals surface area contributed by atoms with Crippen LogP contribution in [0.5, 0.6) is 0 Å². The van der Waals surface area contributed by atoms with Crippen molar-refractivity contribution < 1.29 is 27.2 Å². The molecular weight excluding hydrogens is 416 g/mol. The maximum absolute atomic E-state index is 13.9. The maximum Gasteiger partial charge on any atom is 0.243 e. The van der Waals surface area contributed by atoms with Gasteiger partial charge in [0.15, 0.2) is 17.5 Å². The Balaban J connectivity index is 1.47. The summed E-state index contributed by atoms with van der Waals surface area (Å²) < 4.78 is 53.7. The SMILES string of the molecule is C[C@@H](C(=O)NCC(=O)Nc1ccc(F)c(F)c1F)N1CCN(c2ccccc2F)CC1. The highest BCUT2D eigenvalue weighted by atomic mass is 19.2. The quantitative estimate of drug-likeness (QED) is 0.538. The fourth-order valence-electron chi connectivity index (χ4n) is 3.36. The zero-order chi connectivity index (χ0) is 22.5. The number of hydrogen-bond donors (Lipinski definition) is 2. The first-order valence-electron chi connectivity index (χ1n) is 9.72. The van der Waals surface area contributed by atoms with Crippen molar-refractivity contribution in [1.82, 2.24) is 10.2 Å². The zero-order valence-corrected chi connectivity index (χ0v) is 16.8. The minimum absolute atomic E-state index is 0.301. The number of rotatable bonds is 6. The lowest BCUT2D eigenvalue weighted by molar-refractivity contribution is -0.128. The number of carbonyl (C=O) groups excluding carboxylic acids is 2. The van der Waals surface area contributed by atoms with Gasteiger partial charge >= 0.3 is 0 Å². The van der Waals surface area contributed by atoms with Crippen molar-refractivity contribution in [3.05, 3.63) is 59.7 Å².